The van der Waals surface area contributed by atoms with Crippen molar-refractivity contribution in [3.8, 4) is 22.5 Å². The minimum absolute atomic E-state index is 0.446. The fraction of sp³-hybridized carbons (Fsp3) is 0. The normalized spacial score (nSPS) is 10.4. The molecule has 3 aromatic rings. The van der Waals surface area contributed by atoms with E-state index in [2.05, 4.69) is 15.2 Å². The number of carbonyl (C=O) groups excluding carboxylic acids is 1. The van der Waals surface area contributed by atoms with Crippen molar-refractivity contribution in [3.05, 3.63) is 60.4 Å². The van der Waals surface area contributed by atoms with Crippen LogP contribution in [0.5, 0.6) is 0 Å². The van der Waals surface area contributed by atoms with E-state index in [0.717, 1.165) is 16.8 Å². The van der Waals surface area contributed by atoms with Crippen molar-refractivity contribution in [2.45, 2.75) is 0 Å². The summed E-state index contributed by atoms with van der Waals surface area (Å²) in [6, 6.07) is 13.0. The molecular formula is C15H12N4O. The molecule has 2 heterocycles. The zero-order valence-corrected chi connectivity index (χ0v) is 10.6. The van der Waals surface area contributed by atoms with Gasteiger partial charge in [0.05, 0.1) is 11.4 Å². The summed E-state index contributed by atoms with van der Waals surface area (Å²) in [6.07, 6.45) is 3.28. The van der Waals surface area contributed by atoms with Crippen LogP contribution in [0.15, 0.2) is 54.9 Å². The first-order valence-electron chi connectivity index (χ1n) is 6.10. The minimum atomic E-state index is -0.460. The maximum absolute atomic E-state index is 11.2. The van der Waals surface area contributed by atoms with Gasteiger partial charge in [-0.05, 0) is 24.3 Å². The second-order valence-electron chi connectivity index (χ2n) is 4.35. The number of benzene rings is 1. The number of nitrogens with zero attached hydrogens (tertiary/aromatic N) is 2. The third-order valence-corrected chi connectivity index (χ3v) is 3.01. The van der Waals surface area contributed by atoms with E-state index < -0.39 is 5.91 Å². The summed E-state index contributed by atoms with van der Waals surface area (Å²) in [5.41, 5.74) is 9.30. The Balaban J connectivity index is 2.04. The number of nitrogens with one attached hydrogen (secondary N) is 1. The van der Waals surface area contributed by atoms with Crippen LogP contribution >= 0.6 is 0 Å². The number of H-pyrrole nitrogens is 1. The Labute approximate surface area is 115 Å². The Hall–Kier alpha value is -2.95. The lowest BCUT2D eigenvalue weighted by Crippen LogP contribution is -2.10. The SMILES string of the molecule is NC(=O)c1ccnc(-c2cccc(-c3ccn[nH]3)c2)c1. The largest absolute Gasteiger partial charge is 0.366 e. The lowest BCUT2D eigenvalue weighted by atomic mass is 10.0. The van der Waals surface area contributed by atoms with Crippen molar-refractivity contribution < 1.29 is 4.79 Å². The summed E-state index contributed by atoms with van der Waals surface area (Å²) in [5.74, 6) is -0.460. The smallest absolute Gasteiger partial charge is 0.248 e. The number of hydrogen-bond donors (Lipinski definition) is 2. The second-order valence-corrected chi connectivity index (χ2v) is 4.35. The first-order chi connectivity index (χ1) is 9.74. The summed E-state index contributed by atoms with van der Waals surface area (Å²) in [4.78, 5) is 15.5. The summed E-state index contributed by atoms with van der Waals surface area (Å²) in [7, 11) is 0. The summed E-state index contributed by atoms with van der Waals surface area (Å²) in [6.45, 7) is 0. The topological polar surface area (TPSA) is 84.7 Å². The van der Waals surface area contributed by atoms with E-state index in [1.165, 1.54) is 0 Å². The van der Waals surface area contributed by atoms with Crippen LogP contribution in [-0.2, 0) is 0 Å². The third kappa shape index (κ3) is 2.29. The highest BCUT2D eigenvalue weighted by Gasteiger charge is 2.06. The Bertz CT molecular complexity index is 750. The zero-order chi connectivity index (χ0) is 13.9. The summed E-state index contributed by atoms with van der Waals surface area (Å²) < 4.78 is 0. The Morgan fingerprint density at radius 2 is 1.90 bits per heavy atom. The number of amides is 1. The quantitative estimate of drug-likeness (QED) is 0.760. The van der Waals surface area contributed by atoms with Gasteiger partial charge in [0, 0.05) is 29.1 Å². The highest BCUT2D eigenvalue weighted by molar-refractivity contribution is 5.93. The van der Waals surface area contributed by atoms with Crippen molar-refractivity contribution in [1.82, 2.24) is 15.2 Å². The molecule has 5 heteroatoms. The molecule has 0 atom stereocenters. The van der Waals surface area contributed by atoms with Gasteiger partial charge in [-0.15, -0.1) is 0 Å². The van der Waals surface area contributed by atoms with Crippen molar-refractivity contribution in [2.75, 3.05) is 0 Å². The molecule has 0 aliphatic carbocycles. The van der Waals surface area contributed by atoms with Gasteiger partial charge >= 0.3 is 0 Å². The standard InChI is InChI=1S/C15H12N4O/c16-15(20)12-4-6-17-14(9-12)11-3-1-2-10(8-11)13-5-7-18-19-13/h1-9H,(H2,16,20)(H,18,19). The van der Waals surface area contributed by atoms with Gasteiger partial charge in [-0.1, -0.05) is 18.2 Å². The molecule has 0 spiro atoms. The predicted octanol–water partition coefficient (Wildman–Crippen LogP) is 2.24. The van der Waals surface area contributed by atoms with Crippen LogP contribution < -0.4 is 5.73 Å². The molecule has 0 radical (unpaired) electrons. The van der Waals surface area contributed by atoms with E-state index in [4.69, 9.17) is 5.73 Å². The van der Waals surface area contributed by atoms with E-state index in [0.29, 0.717) is 11.3 Å². The van der Waals surface area contributed by atoms with E-state index in [-0.39, 0.29) is 0 Å². The lowest BCUT2D eigenvalue weighted by Gasteiger charge is -2.04. The van der Waals surface area contributed by atoms with Crippen LogP contribution in [0.3, 0.4) is 0 Å². The first-order valence-corrected chi connectivity index (χ1v) is 6.10. The van der Waals surface area contributed by atoms with Gasteiger partial charge in [-0.25, -0.2) is 0 Å². The Kier molecular flexibility index (Phi) is 3.01. The molecule has 20 heavy (non-hydrogen) atoms. The lowest BCUT2D eigenvalue weighted by molar-refractivity contribution is 0.1000. The predicted molar refractivity (Wildman–Crippen MR) is 75.8 cm³/mol. The molecule has 0 unspecified atom stereocenters. The molecule has 2 aromatic heterocycles. The van der Waals surface area contributed by atoms with Crippen LogP contribution in [0.2, 0.25) is 0 Å². The van der Waals surface area contributed by atoms with E-state index >= 15 is 0 Å². The zero-order valence-electron chi connectivity index (χ0n) is 10.6. The van der Waals surface area contributed by atoms with Crippen LogP contribution in [0.1, 0.15) is 10.4 Å². The number of rotatable bonds is 3. The molecule has 0 aliphatic heterocycles. The van der Waals surface area contributed by atoms with Crippen molar-refractivity contribution in [2.24, 2.45) is 5.73 Å². The monoisotopic (exact) mass is 264 g/mol. The Morgan fingerprint density at radius 1 is 1.05 bits per heavy atom. The number of aromatic nitrogens is 3. The van der Waals surface area contributed by atoms with Crippen LogP contribution in [-0.4, -0.2) is 21.1 Å². The van der Waals surface area contributed by atoms with Crippen molar-refractivity contribution in [3.63, 3.8) is 0 Å². The molecule has 5 nitrogen and oxygen atoms in total. The molecule has 3 rings (SSSR count). The van der Waals surface area contributed by atoms with E-state index in [9.17, 15) is 4.79 Å². The fourth-order valence-corrected chi connectivity index (χ4v) is 2.00. The van der Waals surface area contributed by atoms with Gasteiger partial charge in [0.1, 0.15) is 0 Å². The Morgan fingerprint density at radius 3 is 2.65 bits per heavy atom. The number of carbonyl (C=O) groups is 1. The number of hydrogen-bond acceptors (Lipinski definition) is 3. The number of primary amides is 1. The molecule has 1 amide bonds. The molecule has 0 fully saturated rings. The highest BCUT2D eigenvalue weighted by Crippen LogP contribution is 2.24. The molecule has 98 valence electrons. The fourth-order valence-electron chi connectivity index (χ4n) is 2.00. The first kappa shape index (κ1) is 12.1. The van der Waals surface area contributed by atoms with E-state index in [1.807, 2.05) is 30.3 Å². The average molecular weight is 264 g/mol. The van der Waals surface area contributed by atoms with Gasteiger partial charge in [0.15, 0.2) is 0 Å². The van der Waals surface area contributed by atoms with Gasteiger partial charge in [-0.3, -0.25) is 14.9 Å². The van der Waals surface area contributed by atoms with Gasteiger partial charge in [-0.2, -0.15) is 5.10 Å². The van der Waals surface area contributed by atoms with Crippen molar-refractivity contribution >= 4 is 5.91 Å². The minimum Gasteiger partial charge on any atom is -0.366 e. The van der Waals surface area contributed by atoms with Crippen LogP contribution in [0.4, 0.5) is 0 Å². The number of pyridine rings is 1. The summed E-state index contributed by atoms with van der Waals surface area (Å²) >= 11 is 0. The second kappa shape index (κ2) is 4.97. The van der Waals surface area contributed by atoms with Gasteiger partial charge < -0.3 is 5.73 Å². The number of aromatic amines is 1. The van der Waals surface area contributed by atoms with Gasteiger partial charge in [0.2, 0.25) is 5.91 Å². The van der Waals surface area contributed by atoms with Gasteiger partial charge in [0.25, 0.3) is 0 Å². The molecule has 1 aromatic carbocycles. The molecule has 0 bridgehead atoms. The van der Waals surface area contributed by atoms with E-state index in [1.54, 1.807) is 24.5 Å². The number of nitrogens with two attached hydrogens (primary N) is 1. The maximum atomic E-state index is 11.2. The maximum Gasteiger partial charge on any atom is 0.248 e. The molecule has 3 N–H and O–H groups in total. The van der Waals surface area contributed by atoms with Crippen LogP contribution in [0.25, 0.3) is 22.5 Å². The molecule has 0 saturated heterocycles. The summed E-state index contributed by atoms with van der Waals surface area (Å²) in [5, 5.41) is 6.85. The van der Waals surface area contributed by atoms with Crippen molar-refractivity contribution in [1.29, 1.82) is 0 Å². The average Bonchev–Trinajstić information content (AvgIpc) is 3.02. The third-order valence-electron chi connectivity index (χ3n) is 3.01. The molecular weight excluding hydrogens is 252 g/mol. The van der Waals surface area contributed by atoms with Crippen LogP contribution in [0, 0.1) is 0 Å². The molecule has 0 saturated carbocycles. The highest BCUT2D eigenvalue weighted by atomic mass is 16.1. The molecule has 0 aliphatic rings.